The van der Waals surface area contributed by atoms with Crippen molar-refractivity contribution in [1.82, 2.24) is 19.4 Å². The van der Waals surface area contributed by atoms with Crippen LogP contribution in [0.25, 0.3) is 21.1 Å². The number of anilines is 2. The number of piperidine rings is 1. The Labute approximate surface area is 252 Å². The van der Waals surface area contributed by atoms with Crippen LogP contribution in [-0.2, 0) is 19.5 Å². The number of aryl methyl sites for hydroxylation is 1. The third-order valence-corrected chi connectivity index (χ3v) is 10.6. The van der Waals surface area contributed by atoms with Gasteiger partial charge in [0.2, 0.25) is 5.95 Å². The van der Waals surface area contributed by atoms with Gasteiger partial charge in [-0.3, -0.25) is 4.90 Å². The van der Waals surface area contributed by atoms with Crippen LogP contribution in [0.1, 0.15) is 53.8 Å². The van der Waals surface area contributed by atoms with E-state index in [1.54, 1.807) is 13.1 Å². The summed E-state index contributed by atoms with van der Waals surface area (Å²) in [5, 5.41) is 18.1. The maximum Gasteiger partial charge on any atom is 0.393 e. The van der Waals surface area contributed by atoms with Gasteiger partial charge in [-0.2, -0.15) is 23.4 Å². The molecule has 4 heterocycles. The van der Waals surface area contributed by atoms with Gasteiger partial charge in [0.15, 0.2) is 0 Å². The number of aromatic nitrogens is 3. The van der Waals surface area contributed by atoms with Crippen LogP contribution in [0.4, 0.5) is 24.9 Å². The molecule has 8 nitrogen and oxygen atoms in total. The molecule has 0 radical (unpaired) electrons. The van der Waals surface area contributed by atoms with Crippen LogP contribution in [0.2, 0.25) is 0 Å². The van der Waals surface area contributed by atoms with E-state index in [0.29, 0.717) is 27.7 Å². The lowest BCUT2D eigenvalue weighted by atomic mass is 9.40. The van der Waals surface area contributed by atoms with E-state index in [4.69, 9.17) is 5.73 Å². The van der Waals surface area contributed by atoms with Crippen LogP contribution in [0.3, 0.4) is 0 Å². The molecule has 1 aromatic carbocycles. The van der Waals surface area contributed by atoms with Crippen molar-refractivity contribution in [2.45, 2.75) is 76.3 Å². The molecule has 3 aromatic heterocycles. The third-order valence-electron chi connectivity index (χ3n) is 9.62. The summed E-state index contributed by atoms with van der Waals surface area (Å²) in [4.78, 5) is 12.2. The SMILES string of the molecule is CNc1nc(NC2CCN(Cc3ccc4c(cc(C#N)n4CC45CC(N)(C4)C5)c3C)CC2)c2cc(CC(F)(F)F)sc2n1. The molecular weight excluding hydrogens is 573 g/mol. The number of alkyl halides is 3. The molecule has 0 atom stereocenters. The van der Waals surface area contributed by atoms with Crippen LogP contribution < -0.4 is 16.4 Å². The molecule has 12 heteroatoms. The molecule has 8 rings (SSSR count). The highest BCUT2D eigenvalue weighted by molar-refractivity contribution is 7.18. The van der Waals surface area contributed by atoms with Crippen molar-refractivity contribution in [3.8, 4) is 6.07 Å². The summed E-state index contributed by atoms with van der Waals surface area (Å²) >= 11 is 1.06. The summed E-state index contributed by atoms with van der Waals surface area (Å²) < 4.78 is 41.3. The second-order valence-corrected chi connectivity index (χ2v) is 14.1. The van der Waals surface area contributed by atoms with Crippen LogP contribution in [0, 0.1) is 23.7 Å². The van der Waals surface area contributed by atoms with Gasteiger partial charge in [-0.25, -0.2) is 4.98 Å². The zero-order valence-electron chi connectivity index (χ0n) is 24.3. The maximum absolute atomic E-state index is 13.0. The Hall–Kier alpha value is -3.40. The van der Waals surface area contributed by atoms with E-state index in [0.717, 1.165) is 80.5 Å². The van der Waals surface area contributed by atoms with E-state index in [1.807, 2.05) is 6.07 Å². The Kier molecular flexibility index (Phi) is 6.65. The van der Waals surface area contributed by atoms with Crippen molar-refractivity contribution >= 4 is 44.2 Å². The molecule has 1 aliphatic heterocycles. The van der Waals surface area contributed by atoms with Gasteiger partial charge in [0, 0.05) is 60.6 Å². The summed E-state index contributed by atoms with van der Waals surface area (Å²) in [7, 11) is 1.70. The molecule has 0 unspecified atom stereocenters. The molecular formula is C31H35F3N8S. The quantitative estimate of drug-likeness (QED) is 0.228. The molecule has 2 bridgehead atoms. The van der Waals surface area contributed by atoms with Crippen molar-refractivity contribution < 1.29 is 13.2 Å². The van der Waals surface area contributed by atoms with E-state index in [2.05, 4.69) is 55.2 Å². The molecule has 43 heavy (non-hydrogen) atoms. The molecule has 4 aliphatic rings. The first-order valence-electron chi connectivity index (χ1n) is 14.8. The largest absolute Gasteiger partial charge is 0.393 e. The van der Waals surface area contributed by atoms with Crippen molar-refractivity contribution in [1.29, 1.82) is 5.26 Å². The topological polar surface area (TPSA) is 108 Å². The van der Waals surface area contributed by atoms with Gasteiger partial charge in [0.1, 0.15) is 22.4 Å². The molecule has 0 amide bonds. The number of likely N-dealkylation sites (tertiary alicyclic amines) is 1. The van der Waals surface area contributed by atoms with Gasteiger partial charge in [0.25, 0.3) is 0 Å². The molecule has 4 fully saturated rings. The highest BCUT2D eigenvalue weighted by atomic mass is 32.1. The van der Waals surface area contributed by atoms with Crippen LogP contribution in [0.5, 0.6) is 0 Å². The van der Waals surface area contributed by atoms with Gasteiger partial charge in [-0.15, -0.1) is 11.3 Å². The second-order valence-electron chi connectivity index (χ2n) is 13.0. The lowest BCUT2D eigenvalue weighted by molar-refractivity contribution is -0.141. The van der Waals surface area contributed by atoms with Crippen LogP contribution in [-0.4, -0.2) is 57.3 Å². The molecule has 0 spiro atoms. The lowest BCUT2D eigenvalue weighted by Crippen LogP contribution is -2.73. The van der Waals surface area contributed by atoms with Gasteiger partial charge in [0.05, 0.1) is 11.8 Å². The Morgan fingerprint density at radius 3 is 2.53 bits per heavy atom. The Bertz CT molecular complexity index is 1740. The average molecular weight is 609 g/mol. The first-order chi connectivity index (χ1) is 20.5. The van der Waals surface area contributed by atoms with Gasteiger partial charge < -0.3 is 20.9 Å². The number of hydrogen-bond donors (Lipinski definition) is 3. The minimum Gasteiger partial charge on any atom is -0.367 e. The number of nitrogens with one attached hydrogen (secondary N) is 2. The first kappa shape index (κ1) is 28.4. The van der Waals surface area contributed by atoms with Crippen molar-refractivity contribution in [3.05, 3.63) is 46.0 Å². The van der Waals surface area contributed by atoms with Crippen molar-refractivity contribution in [2.24, 2.45) is 11.1 Å². The lowest BCUT2D eigenvalue weighted by Gasteiger charge is -2.69. The number of thiophene rings is 1. The average Bonchev–Trinajstić information content (AvgIpc) is 3.49. The number of nitriles is 1. The summed E-state index contributed by atoms with van der Waals surface area (Å²) in [6, 6.07) is 10.6. The maximum atomic E-state index is 13.0. The fourth-order valence-corrected chi connectivity index (χ4v) is 8.75. The standard InChI is InChI=1S/C31H35F3N8S/c1-18-19(3-4-25-23(18)9-21(12-35)42(25)17-29-14-30(36,15-29)16-29)13-41-7-5-20(6-8-41)38-26-24-10-22(11-31(32,33)34)43-27(24)40-28(37-2)39-26/h3-4,9-10,20H,5-8,11,13-17,36H2,1-2H3,(H2,37,38,39,40). The predicted octanol–water partition coefficient (Wildman–Crippen LogP) is 5.93. The molecule has 3 saturated carbocycles. The summed E-state index contributed by atoms with van der Waals surface area (Å²) in [5.74, 6) is 0.969. The molecule has 1 saturated heterocycles. The van der Waals surface area contributed by atoms with Crippen LogP contribution in [0.15, 0.2) is 24.3 Å². The second kappa shape index (κ2) is 10.1. The first-order valence-corrected chi connectivity index (χ1v) is 15.6. The van der Waals surface area contributed by atoms with E-state index in [9.17, 15) is 18.4 Å². The van der Waals surface area contributed by atoms with E-state index < -0.39 is 12.6 Å². The number of nitrogens with zero attached hydrogens (tertiary/aromatic N) is 5. The zero-order chi connectivity index (χ0) is 30.1. The fourth-order valence-electron chi connectivity index (χ4n) is 7.69. The minimum atomic E-state index is -4.27. The Balaban J connectivity index is 1.03. The number of benzene rings is 1. The number of halogens is 3. The summed E-state index contributed by atoms with van der Waals surface area (Å²) in [5.41, 5.74) is 10.9. The van der Waals surface area contributed by atoms with E-state index in [1.165, 1.54) is 11.1 Å². The third kappa shape index (κ3) is 5.21. The highest BCUT2D eigenvalue weighted by Gasteiger charge is 2.65. The smallest absolute Gasteiger partial charge is 0.367 e. The summed E-state index contributed by atoms with van der Waals surface area (Å²) in [6.07, 6.45) is -0.297. The van der Waals surface area contributed by atoms with Crippen LogP contribution >= 0.6 is 11.3 Å². The normalized spacial score (nSPS) is 24.1. The Morgan fingerprint density at radius 2 is 1.88 bits per heavy atom. The molecule has 226 valence electrons. The van der Waals surface area contributed by atoms with Gasteiger partial charge in [-0.1, -0.05) is 6.07 Å². The van der Waals surface area contributed by atoms with Gasteiger partial charge >= 0.3 is 6.18 Å². The monoisotopic (exact) mass is 608 g/mol. The van der Waals surface area contributed by atoms with Crippen molar-refractivity contribution in [2.75, 3.05) is 30.8 Å². The minimum absolute atomic E-state index is 0.0442. The number of fused-ring (bicyclic) bond motifs is 2. The zero-order valence-corrected chi connectivity index (χ0v) is 25.1. The van der Waals surface area contributed by atoms with Crippen molar-refractivity contribution in [3.63, 3.8) is 0 Å². The van der Waals surface area contributed by atoms with E-state index in [-0.39, 0.29) is 21.9 Å². The predicted molar refractivity (Wildman–Crippen MR) is 163 cm³/mol. The fraction of sp³-hybridized carbons (Fsp3) is 0.516. The Morgan fingerprint density at radius 1 is 1.14 bits per heavy atom. The molecule has 4 aromatic rings. The van der Waals surface area contributed by atoms with Gasteiger partial charge in [-0.05, 0) is 73.8 Å². The van der Waals surface area contributed by atoms with E-state index >= 15 is 0 Å². The molecule has 4 N–H and O–H groups in total. The molecule has 3 aliphatic carbocycles. The number of hydrogen-bond acceptors (Lipinski definition) is 8. The number of nitrogens with two attached hydrogens (primary N) is 1. The highest BCUT2D eigenvalue weighted by Crippen LogP contribution is 2.66. The summed E-state index contributed by atoms with van der Waals surface area (Å²) in [6.45, 7) is 5.62. The number of rotatable bonds is 8.